The molecule has 0 bridgehead atoms. The second kappa shape index (κ2) is 5.98. The standard InChI is InChI=1S/C9H9ClN6S2/c1-2-3-12-8-15-16-9(18-8)17-6-4-5(10)13-7(11)14-6/h2,4H,1,3H2,(H,12,15)(H2,11,13,14). The molecule has 2 aromatic rings. The molecule has 0 saturated heterocycles. The van der Waals surface area contributed by atoms with Gasteiger partial charge < -0.3 is 11.1 Å². The summed E-state index contributed by atoms with van der Waals surface area (Å²) in [5.74, 6) is 0.138. The van der Waals surface area contributed by atoms with Crippen molar-refractivity contribution in [1.29, 1.82) is 0 Å². The van der Waals surface area contributed by atoms with Gasteiger partial charge in [0.05, 0.1) is 0 Å². The molecule has 3 N–H and O–H groups in total. The molecule has 6 nitrogen and oxygen atoms in total. The summed E-state index contributed by atoms with van der Waals surface area (Å²) in [7, 11) is 0. The molecule has 0 unspecified atom stereocenters. The molecule has 0 radical (unpaired) electrons. The van der Waals surface area contributed by atoms with E-state index in [-0.39, 0.29) is 5.95 Å². The molecular weight excluding hydrogens is 292 g/mol. The van der Waals surface area contributed by atoms with Crippen molar-refractivity contribution in [1.82, 2.24) is 20.2 Å². The summed E-state index contributed by atoms with van der Waals surface area (Å²) in [6.45, 7) is 4.26. The summed E-state index contributed by atoms with van der Waals surface area (Å²) in [6.07, 6.45) is 1.75. The smallest absolute Gasteiger partial charge is 0.222 e. The van der Waals surface area contributed by atoms with Gasteiger partial charge in [-0.05, 0) is 11.8 Å². The van der Waals surface area contributed by atoms with Gasteiger partial charge >= 0.3 is 0 Å². The fourth-order valence-corrected chi connectivity index (χ4v) is 3.01. The lowest BCUT2D eigenvalue weighted by Gasteiger charge is -1.98. The third-order valence-corrected chi connectivity index (χ3v) is 3.73. The minimum atomic E-state index is 0.138. The second-order valence-corrected chi connectivity index (χ2v) is 5.66. The number of rotatable bonds is 5. The maximum atomic E-state index is 5.79. The highest BCUT2D eigenvalue weighted by Crippen LogP contribution is 2.31. The molecule has 0 saturated carbocycles. The van der Waals surface area contributed by atoms with Crippen LogP contribution in [0.15, 0.2) is 28.1 Å². The van der Waals surface area contributed by atoms with Gasteiger partial charge in [0.15, 0.2) is 4.34 Å². The van der Waals surface area contributed by atoms with Crippen LogP contribution in [0.25, 0.3) is 0 Å². The van der Waals surface area contributed by atoms with Crippen LogP contribution in [-0.2, 0) is 0 Å². The number of hydrogen-bond acceptors (Lipinski definition) is 8. The molecule has 18 heavy (non-hydrogen) atoms. The average Bonchev–Trinajstić information content (AvgIpc) is 2.72. The van der Waals surface area contributed by atoms with Gasteiger partial charge in [0.1, 0.15) is 10.2 Å². The molecule has 9 heteroatoms. The molecule has 0 amide bonds. The number of halogens is 1. The summed E-state index contributed by atoms with van der Waals surface area (Å²) in [4.78, 5) is 7.83. The highest BCUT2D eigenvalue weighted by atomic mass is 35.5. The van der Waals surface area contributed by atoms with Crippen molar-refractivity contribution >= 4 is 45.8 Å². The number of aromatic nitrogens is 4. The highest BCUT2D eigenvalue weighted by Gasteiger charge is 2.08. The quantitative estimate of drug-likeness (QED) is 0.647. The summed E-state index contributed by atoms with van der Waals surface area (Å²) >= 11 is 8.54. The van der Waals surface area contributed by atoms with E-state index in [9.17, 15) is 0 Å². The zero-order valence-corrected chi connectivity index (χ0v) is 11.5. The lowest BCUT2D eigenvalue weighted by molar-refractivity contribution is 0.999. The summed E-state index contributed by atoms with van der Waals surface area (Å²) in [5, 5.41) is 12.7. The largest absolute Gasteiger partial charge is 0.368 e. The van der Waals surface area contributed by atoms with Gasteiger partial charge in [-0.1, -0.05) is 29.0 Å². The Balaban J connectivity index is 2.08. The first-order valence-corrected chi connectivity index (χ1v) is 6.84. The lowest BCUT2D eigenvalue weighted by atomic mass is 10.6. The SMILES string of the molecule is C=CCNc1nnc(Sc2cc(Cl)nc(N)n2)s1. The van der Waals surface area contributed by atoms with E-state index in [0.717, 1.165) is 9.47 Å². The summed E-state index contributed by atoms with van der Waals surface area (Å²) < 4.78 is 0.746. The van der Waals surface area contributed by atoms with Crippen molar-refractivity contribution in [3.05, 3.63) is 23.9 Å². The zero-order valence-electron chi connectivity index (χ0n) is 9.13. The van der Waals surface area contributed by atoms with Gasteiger partial charge in [-0.3, -0.25) is 0 Å². The molecular formula is C9H9ClN6S2. The van der Waals surface area contributed by atoms with Crippen LogP contribution in [0.1, 0.15) is 0 Å². The second-order valence-electron chi connectivity index (χ2n) is 3.03. The third kappa shape index (κ3) is 3.56. The summed E-state index contributed by atoms with van der Waals surface area (Å²) in [5.41, 5.74) is 5.51. The van der Waals surface area contributed by atoms with E-state index < -0.39 is 0 Å². The van der Waals surface area contributed by atoms with Crippen LogP contribution in [0.3, 0.4) is 0 Å². The normalized spacial score (nSPS) is 10.3. The van der Waals surface area contributed by atoms with Crippen molar-refractivity contribution in [2.75, 3.05) is 17.6 Å². The topological polar surface area (TPSA) is 89.6 Å². The maximum Gasteiger partial charge on any atom is 0.222 e. The Morgan fingerprint density at radius 2 is 2.33 bits per heavy atom. The first-order chi connectivity index (χ1) is 8.67. The van der Waals surface area contributed by atoms with Gasteiger partial charge in [0, 0.05) is 12.6 Å². The Kier molecular flexibility index (Phi) is 4.34. The monoisotopic (exact) mass is 300 g/mol. The average molecular weight is 301 g/mol. The molecule has 2 heterocycles. The highest BCUT2D eigenvalue weighted by molar-refractivity contribution is 8.01. The maximum absolute atomic E-state index is 5.79. The number of anilines is 2. The van der Waals surface area contributed by atoms with E-state index in [1.54, 1.807) is 12.1 Å². The molecule has 2 rings (SSSR count). The Morgan fingerprint density at radius 1 is 1.50 bits per heavy atom. The van der Waals surface area contributed by atoms with Crippen LogP contribution in [0.2, 0.25) is 5.15 Å². The van der Waals surface area contributed by atoms with E-state index in [4.69, 9.17) is 17.3 Å². The van der Waals surface area contributed by atoms with Crippen LogP contribution in [0.5, 0.6) is 0 Å². The van der Waals surface area contributed by atoms with E-state index in [2.05, 4.69) is 32.1 Å². The number of nitrogen functional groups attached to an aromatic ring is 1. The molecule has 0 aliphatic heterocycles. The van der Waals surface area contributed by atoms with Crippen molar-refractivity contribution in [3.63, 3.8) is 0 Å². The number of nitrogens with two attached hydrogens (primary N) is 1. The van der Waals surface area contributed by atoms with Crippen LogP contribution in [0, 0.1) is 0 Å². The van der Waals surface area contributed by atoms with Crippen LogP contribution in [-0.4, -0.2) is 26.7 Å². The first kappa shape index (κ1) is 13.1. The van der Waals surface area contributed by atoms with Gasteiger partial charge in [-0.25, -0.2) is 9.97 Å². The van der Waals surface area contributed by atoms with E-state index in [0.29, 0.717) is 16.7 Å². The predicted molar refractivity (Wildman–Crippen MR) is 74.2 cm³/mol. The molecule has 0 aromatic carbocycles. The number of nitrogens with one attached hydrogen (secondary N) is 1. The summed E-state index contributed by atoms with van der Waals surface area (Å²) in [6, 6.07) is 1.63. The zero-order chi connectivity index (χ0) is 13.0. The molecule has 0 spiro atoms. The Bertz CT molecular complexity index is 537. The van der Waals surface area contributed by atoms with Gasteiger partial charge in [-0.2, -0.15) is 0 Å². The van der Waals surface area contributed by atoms with Crippen molar-refractivity contribution in [2.45, 2.75) is 9.37 Å². The molecule has 0 atom stereocenters. The lowest BCUT2D eigenvalue weighted by Crippen LogP contribution is -1.96. The fourth-order valence-electron chi connectivity index (χ4n) is 1.04. The molecule has 0 aliphatic rings. The minimum Gasteiger partial charge on any atom is -0.368 e. The fraction of sp³-hybridized carbons (Fsp3) is 0.111. The van der Waals surface area contributed by atoms with Crippen molar-refractivity contribution < 1.29 is 0 Å². The van der Waals surface area contributed by atoms with Crippen LogP contribution >= 0.6 is 34.7 Å². The predicted octanol–water partition coefficient (Wildman–Crippen LogP) is 2.31. The Labute approximate surface area is 117 Å². The number of nitrogens with zero attached hydrogens (tertiary/aromatic N) is 4. The van der Waals surface area contributed by atoms with Crippen molar-refractivity contribution in [3.8, 4) is 0 Å². The van der Waals surface area contributed by atoms with Gasteiger partial charge in [0.2, 0.25) is 11.1 Å². The molecule has 0 fully saturated rings. The van der Waals surface area contributed by atoms with Gasteiger partial charge in [-0.15, -0.1) is 16.8 Å². The van der Waals surface area contributed by atoms with E-state index >= 15 is 0 Å². The van der Waals surface area contributed by atoms with Crippen molar-refractivity contribution in [2.24, 2.45) is 0 Å². The first-order valence-electron chi connectivity index (χ1n) is 4.83. The molecule has 94 valence electrons. The minimum absolute atomic E-state index is 0.138. The van der Waals surface area contributed by atoms with Crippen LogP contribution in [0.4, 0.5) is 11.1 Å². The van der Waals surface area contributed by atoms with E-state index in [1.165, 1.54) is 23.1 Å². The third-order valence-electron chi connectivity index (χ3n) is 1.68. The number of hydrogen-bond donors (Lipinski definition) is 2. The molecule has 0 aliphatic carbocycles. The van der Waals surface area contributed by atoms with Crippen LogP contribution < -0.4 is 11.1 Å². The van der Waals surface area contributed by atoms with Gasteiger partial charge in [0.25, 0.3) is 0 Å². The Morgan fingerprint density at radius 3 is 3.06 bits per heavy atom. The van der Waals surface area contributed by atoms with E-state index in [1.807, 2.05) is 0 Å². The Hall–Kier alpha value is -1.38. The molecule has 2 aromatic heterocycles.